The van der Waals surface area contributed by atoms with E-state index in [9.17, 15) is 9.59 Å². The molecule has 2 aromatic carbocycles. The smallest absolute Gasteiger partial charge is 0.332 e. The van der Waals surface area contributed by atoms with Crippen molar-refractivity contribution in [2.24, 2.45) is 14.1 Å². The fraction of sp³-hybridized carbons (Fsp3) is 0.296. The summed E-state index contributed by atoms with van der Waals surface area (Å²) < 4.78 is 12.0. The molecule has 0 saturated carbocycles. The molecule has 5 rings (SSSR count). The topological polar surface area (TPSA) is 75.5 Å². The van der Waals surface area contributed by atoms with Gasteiger partial charge in [0.1, 0.15) is 5.75 Å². The van der Waals surface area contributed by atoms with Gasteiger partial charge in [-0.3, -0.25) is 22.9 Å². The lowest BCUT2D eigenvalue weighted by molar-refractivity contribution is 0.340. The maximum absolute atomic E-state index is 13.1. The molecule has 8 heteroatoms. The number of rotatable bonds is 7. The molecule has 0 amide bonds. The lowest BCUT2D eigenvalue weighted by Gasteiger charge is -2.11. The number of imidazole rings is 2. The van der Waals surface area contributed by atoms with Crippen molar-refractivity contribution in [1.29, 1.82) is 0 Å². The van der Waals surface area contributed by atoms with E-state index in [-0.39, 0.29) is 5.56 Å². The molecule has 0 unspecified atom stereocenters. The molecule has 0 bridgehead atoms. The fourth-order valence-electron chi connectivity index (χ4n) is 4.51. The van der Waals surface area contributed by atoms with Gasteiger partial charge in [0.25, 0.3) is 5.56 Å². The quantitative estimate of drug-likeness (QED) is 0.358. The van der Waals surface area contributed by atoms with Crippen LogP contribution >= 0.6 is 0 Å². The van der Waals surface area contributed by atoms with Crippen LogP contribution in [-0.4, -0.2) is 29.7 Å². The molecule has 0 N–H and O–H groups in total. The average molecular weight is 472 g/mol. The molecule has 0 atom stereocenters. The molecule has 0 spiro atoms. The van der Waals surface area contributed by atoms with Crippen LogP contribution in [-0.2, 0) is 20.5 Å². The van der Waals surface area contributed by atoms with Crippen molar-refractivity contribution >= 4 is 16.9 Å². The first-order valence-electron chi connectivity index (χ1n) is 12.0. The van der Waals surface area contributed by atoms with Crippen molar-refractivity contribution in [3.8, 4) is 22.7 Å². The van der Waals surface area contributed by atoms with Crippen LogP contribution in [0.5, 0.6) is 5.75 Å². The highest BCUT2D eigenvalue weighted by molar-refractivity contribution is 5.79. The summed E-state index contributed by atoms with van der Waals surface area (Å²) >= 11 is 0. The molecule has 35 heavy (non-hydrogen) atoms. The van der Waals surface area contributed by atoms with E-state index in [0.29, 0.717) is 23.5 Å². The van der Waals surface area contributed by atoms with E-state index in [1.807, 2.05) is 42.0 Å². The molecule has 8 nitrogen and oxygen atoms in total. The zero-order valence-corrected chi connectivity index (χ0v) is 20.5. The van der Waals surface area contributed by atoms with E-state index in [2.05, 4.69) is 31.2 Å². The minimum absolute atomic E-state index is 0.361. The molecule has 0 aliphatic carbocycles. The van der Waals surface area contributed by atoms with E-state index in [1.165, 1.54) is 17.2 Å². The third-order valence-corrected chi connectivity index (χ3v) is 6.44. The Morgan fingerprint density at radius 3 is 2.29 bits per heavy atom. The second-order valence-corrected chi connectivity index (χ2v) is 8.74. The third-order valence-electron chi connectivity index (χ3n) is 6.44. The van der Waals surface area contributed by atoms with E-state index >= 15 is 0 Å². The van der Waals surface area contributed by atoms with Gasteiger partial charge in [-0.25, -0.2) is 4.79 Å². The molecule has 180 valence electrons. The standard InChI is InChI=1S/C27H29N5O3/c1-5-7-8-18-9-13-20(14-10-18)32-22(19-11-15-21(16-12-19)35-6-2)17-31-23-24(28-26(31)32)29(3)27(34)30(4)25(23)33/h9-17H,5-8H2,1-4H3. The minimum Gasteiger partial charge on any atom is -0.494 e. The number of aromatic nitrogens is 5. The summed E-state index contributed by atoms with van der Waals surface area (Å²) in [5, 5.41) is 0. The minimum atomic E-state index is -0.401. The van der Waals surface area contributed by atoms with Crippen molar-refractivity contribution in [3.63, 3.8) is 0 Å². The summed E-state index contributed by atoms with van der Waals surface area (Å²) in [5.74, 6) is 1.37. The second kappa shape index (κ2) is 8.94. The van der Waals surface area contributed by atoms with Gasteiger partial charge in [0.2, 0.25) is 5.78 Å². The van der Waals surface area contributed by atoms with Crippen LogP contribution in [0, 0.1) is 0 Å². The molecule has 3 aromatic heterocycles. The van der Waals surface area contributed by atoms with Crippen LogP contribution in [0.15, 0.2) is 64.3 Å². The van der Waals surface area contributed by atoms with E-state index < -0.39 is 5.69 Å². The monoisotopic (exact) mass is 471 g/mol. The summed E-state index contributed by atoms with van der Waals surface area (Å²) in [6, 6.07) is 16.3. The zero-order chi connectivity index (χ0) is 24.7. The maximum Gasteiger partial charge on any atom is 0.332 e. The van der Waals surface area contributed by atoms with Crippen LogP contribution in [0.25, 0.3) is 33.9 Å². The van der Waals surface area contributed by atoms with Crippen LogP contribution in [0.3, 0.4) is 0 Å². The molecule has 5 aromatic rings. The highest BCUT2D eigenvalue weighted by Crippen LogP contribution is 2.30. The molecule has 0 radical (unpaired) electrons. The summed E-state index contributed by atoms with van der Waals surface area (Å²) in [6.07, 6.45) is 5.25. The van der Waals surface area contributed by atoms with Crippen LogP contribution in [0.1, 0.15) is 32.3 Å². The van der Waals surface area contributed by atoms with E-state index in [4.69, 9.17) is 9.72 Å². The number of fused-ring (bicyclic) bond motifs is 3. The Morgan fingerprint density at radius 1 is 0.914 bits per heavy atom. The number of unbranched alkanes of at least 4 members (excludes halogenated alkanes) is 1. The van der Waals surface area contributed by atoms with Crippen molar-refractivity contribution in [1.82, 2.24) is 23.1 Å². The van der Waals surface area contributed by atoms with Gasteiger partial charge >= 0.3 is 5.69 Å². The van der Waals surface area contributed by atoms with Crippen molar-refractivity contribution < 1.29 is 4.74 Å². The lowest BCUT2D eigenvalue weighted by atomic mass is 10.1. The van der Waals surface area contributed by atoms with Gasteiger partial charge in [-0.05, 0) is 61.7 Å². The van der Waals surface area contributed by atoms with Gasteiger partial charge in [0.05, 0.1) is 12.3 Å². The molecule has 0 fully saturated rings. The van der Waals surface area contributed by atoms with Crippen molar-refractivity contribution in [2.45, 2.75) is 33.1 Å². The average Bonchev–Trinajstić information content (AvgIpc) is 3.42. The Hall–Kier alpha value is -4.07. The van der Waals surface area contributed by atoms with Gasteiger partial charge in [0.15, 0.2) is 11.2 Å². The summed E-state index contributed by atoms with van der Waals surface area (Å²) in [7, 11) is 3.12. The first-order valence-corrected chi connectivity index (χ1v) is 12.0. The fourth-order valence-corrected chi connectivity index (χ4v) is 4.51. The number of ether oxygens (including phenoxy) is 1. The predicted molar refractivity (Wildman–Crippen MR) is 138 cm³/mol. The first-order chi connectivity index (χ1) is 16.9. The Kier molecular flexibility index (Phi) is 5.80. The highest BCUT2D eigenvalue weighted by Gasteiger charge is 2.21. The third kappa shape index (κ3) is 3.75. The van der Waals surface area contributed by atoms with Gasteiger partial charge in [0, 0.05) is 31.5 Å². The predicted octanol–water partition coefficient (Wildman–Crippen LogP) is 4.08. The summed E-state index contributed by atoms with van der Waals surface area (Å²) in [4.78, 5) is 30.4. The number of nitrogens with zero attached hydrogens (tertiary/aromatic N) is 5. The lowest BCUT2D eigenvalue weighted by Crippen LogP contribution is -2.37. The van der Waals surface area contributed by atoms with Crippen LogP contribution in [0.4, 0.5) is 0 Å². The van der Waals surface area contributed by atoms with Crippen molar-refractivity contribution in [2.75, 3.05) is 6.61 Å². The second-order valence-electron chi connectivity index (χ2n) is 8.74. The number of hydrogen-bond acceptors (Lipinski definition) is 4. The molecule has 0 aliphatic rings. The Labute approximate surface area is 202 Å². The molecule has 0 saturated heterocycles. The van der Waals surface area contributed by atoms with Gasteiger partial charge < -0.3 is 4.74 Å². The molecular formula is C27H29N5O3. The van der Waals surface area contributed by atoms with Crippen LogP contribution in [0.2, 0.25) is 0 Å². The van der Waals surface area contributed by atoms with E-state index in [1.54, 1.807) is 11.4 Å². The number of hydrogen-bond donors (Lipinski definition) is 0. The Balaban J connectivity index is 1.78. The summed E-state index contributed by atoms with van der Waals surface area (Å²) in [6.45, 7) is 4.74. The number of aryl methyl sites for hydroxylation is 2. The zero-order valence-electron chi connectivity index (χ0n) is 20.5. The van der Waals surface area contributed by atoms with Gasteiger partial charge in [-0.15, -0.1) is 0 Å². The maximum atomic E-state index is 13.1. The first kappa shape index (κ1) is 22.7. The Morgan fingerprint density at radius 2 is 1.63 bits per heavy atom. The Bertz CT molecular complexity index is 1630. The van der Waals surface area contributed by atoms with Crippen LogP contribution < -0.4 is 16.0 Å². The normalized spacial score (nSPS) is 11.5. The SMILES string of the molecule is CCCCc1ccc(-n2c(-c3ccc(OCC)cc3)cn3c4c(=O)n(C)c(=O)n(C)c4nc23)cc1. The number of benzene rings is 2. The molecular weight excluding hydrogens is 442 g/mol. The molecule has 3 heterocycles. The largest absolute Gasteiger partial charge is 0.494 e. The van der Waals surface area contributed by atoms with Crippen molar-refractivity contribution in [3.05, 3.63) is 81.1 Å². The van der Waals surface area contributed by atoms with E-state index in [0.717, 1.165) is 46.5 Å². The van der Waals surface area contributed by atoms with Gasteiger partial charge in [-0.2, -0.15) is 4.98 Å². The molecule has 0 aliphatic heterocycles. The highest BCUT2D eigenvalue weighted by atomic mass is 16.5. The van der Waals surface area contributed by atoms with Gasteiger partial charge in [-0.1, -0.05) is 25.5 Å². The summed E-state index contributed by atoms with van der Waals surface area (Å²) in [5.41, 5.74) is 4.02.